The van der Waals surface area contributed by atoms with E-state index in [9.17, 15) is 14.9 Å². The Hall–Kier alpha value is -4.26. The lowest BCUT2D eigenvalue weighted by Gasteiger charge is -2.07. The fourth-order valence-electron chi connectivity index (χ4n) is 3.26. The number of carbonyl (C=O) groups is 1. The van der Waals surface area contributed by atoms with E-state index in [0.29, 0.717) is 28.3 Å². The molecule has 0 spiro atoms. The summed E-state index contributed by atoms with van der Waals surface area (Å²) >= 11 is 0. The van der Waals surface area contributed by atoms with Gasteiger partial charge in [-0.3, -0.25) is 14.9 Å². The molecule has 3 aromatic carbocycles. The maximum Gasteiger partial charge on any atom is 0.273 e. The smallest absolute Gasteiger partial charge is 0.273 e. The van der Waals surface area contributed by atoms with Gasteiger partial charge < -0.3 is 9.73 Å². The van der Waals surface area contributed by atoms with E-state index in [1.165, 1.54) is 29.8 Å². The maximum absolute atomic E-state index is 12.5. The Morgan fingerprint density at radius 1 is 1.09 bits per heavy atom. The van der Waals surface area contributed by atoms with Gasteiger partial charge in [0.1, 0.15) is 5.52 Å². The van der Waals surface area contributed by atoms with Gasteiger partial charge in [-0.15, -0.1) is 0 Å². The fraction of sp³-hybridized carbons (Fsp3) is 0.120. The highest BCUT2D eigenvalue weighted by molar-refractivity contribution is 6.04. The highest BCUT2D eigenvalue weighted by Crippen LogP contribution is 2.31. The van der Waals surface area contributed by atoms with Crippen molar-refractivity contribution in [1.29, 1.82) is 0 Å². The van der Waals surface area contributed by atoms with Crippen LogP contribution in [0.5, 0.6) is 0 Å². The van der Waals surface area contributed by atoms with Crippen molar-refractivity contribution in [3.05, 3.63) is 94.0 Å². The molecule has 4 aromatic rings. The lowest BCUT2D eigenvalue weighted by atomic mass is 10.0. The summed E-state index contributed by atoms with van der Waals surface area (Å²) in [6, 6.07) is 19.4. The molecule has 7 nitrogen and oxygen atoms in total. The number of para-hydroxylation sites is 1. The van der Waals surface area contributed by atoms with Gasteiger partial charge >= 0.3 is 0 Å². The van der Waals surface area contributed by atoms with Gasteiger partial charge in [0.05, 0.1) is 22.2 Å². The van der Waals surface area contributed by atoms with Gasteiger partial charge in [0.25, 0.3) is 5.69 Å². The van der Waals surface area contributed by atoms with Crippen LogP contribution in [0.3, 0.4) is 0 Å². The summed E-state index contributed by atoms with van der Waals surface area (Å²) in [7, 11) is 0. The summed E-state index contributed by atoms with van der Waals surface area (Å²) in [6.45, 7) is 4.27. The molecular weight excluding hydrogens is 406 g/mol. The number of oxazole rings is 1. The number of amides is 1. The summed E-state index contributed by atoms with van der Waals surface area (Å²) in [6.07, 6.45) is 3.22. The molecule has 0 bridgehead atoms. The topological polar surface area (TPSA) is 98.3 Å². The minimum Gasteiger partial charge on any atom is -0.436 e. The Balaban J connectivity index is 1.55. The van der Waals surface area contributed by atoms with Crippen molar-refractivity contribution < 1.29 is 14.1 Å². The van der Waals surface area contributed by atoms with Crippen LogP contribution in [0.2, 0.25) is 0 Å². The van der Waals surface area contributed by atoms with Crippen LogP contribution in [0.15, 0.2) is 77.2 Å². The number of aromatic nitrogens is 1. The molecule has 32 heavy (non-hydrogen) atoms. The molecule has 7 heteroatoms. The Labute approximate surface area is 184 Å². The Bertz CT molecular complexity index is 1320. The van der Waals surface area contributed by atoms with Crippen LogP contribution in [0, 0.1) is 10.1 Å². The van der Waals surface area contributed by atoms with Gasteiger partial charge in [-0.2, -0.15) is 0 Å². The SMILES string of the molecule is CC(C)c1ccc(C=CC(=O)Nc2ccccc2-c2nc3ccc([N+](=O)[O-])cc3o2)cc1. The zero-order chi connectivity index (χ0) is 22.7. The minimum atomic E-state index is -0.488. The Morgan fingerprint density at radius 3 is 2.56 bits per heavy atom. The molecule has 160 valence electrons. The second kappa shape index (κ2) is 8.85. The van der Waals surface area contributed by atoms with E-state index in [-0.39, 0.29) is 17.5 Å². The molecule has 0 fully saturated rings. The molecule has 0 saturated heterocycles. The van der Waals surface area contributed by atoms with Crippen molar-refractivity contribution in [3.8, 4) is 11.5 Å². The lowest BCUT2D eigenvalue weighted by molar-refractivity contribution is -0.384. The minimum absolute atomic E-state index is 0.0756. The van der Waals surface area contributed by atoms with Crippen molar-refractivity contribution >= 4 is 34.5 Å². The summed E-state index contributed by atoms with van der Waals surface area (Å²) < 4.78 is 5.74. The van der Waals surface area contributed by atoms with Crippen LogP contribution in [-0.4, -0.2) is 15.8 Å². The number of nitro benzene ring substituents is 1. The molecule has 0 aliphatic rings. The molecule has 1 amide bonds. The van der Waals surface area contributed by atoms with Crippen LogP contribution in [0.4, 0.5) is 11.4 Å². The van der Waals surface area contributed by atoms with E-state index in [1.807, 2.05) is 12.1 Å². The molecule has 0 aliphatic carbocycles. The molecule has 0 radical (unpaired) electrons. The Kier molecular flexibility index (Phi) is 5.81. The molecule has 0 saturated carbocycles. The largest absolute Gasteiger partial charge is 0.436 e. The van der Waals surface area contributed by atoms with Gasteiger partial charge in [-0.05, 0) is 41.3 Å². The van der Waals surface area contributed by atoms with E-state index >= 15 is 0 Å². The third kappa shape index (κ3) is 4.57. The first-order valence-corrected chi connectivity index (χ1v) is 10.1. The summed E-state index contributed by atoms with van der Waals surface area (Å²) in [5.41, 5.74) is 4.00. The molecular formula is C25H21N3O4. The van der Waals surface area contributed by atoms with E-state index in [2.05, 4.69) is 36.3 Å². The first kappa shape index (κ1) is 21.0. The molecule has 4 rings (SSSR count). The third-order valence-electron chi connectivity index (χ3n) is 5.03. The summed E-state index contributed by atoms with van der Waals surface area (Å²) in [4.78, 5) is 27.4. The van der Waals surface area contributed by atoms with Crippen molar-refractivity contribution in [2.45, 2.75) is 19.8 Å². The number of rotatable bonds is 6. The molecule has 1 heterocycles. The monoisotopic (exact) mass is 427 g/mol. The van der Waals surface area contributed by atoms with Gasteiger partial charge in [-0.1, -0.05) is 50.2 Å². The van der Waals surface area contributed by atoms with E-state index < -0.39 is 4.92 Å². The van der Waals surface area contributed by atoms with Crippen molar-refractivity contribution in [3.63, 3.8) is 0 Å². The van der Waals surface area contributed by atoms with Crippen LogP contribution >= 0.6 is 0 Å². The van der Waals surface area contributed by atoms with Gasteiger partial charge in [0.15, 0.2) is 5.58 Å². The number of nitro groups is 1. The number of hydrogen-bond acceptors (Lipinski definition) is 5. The highest BCUT2D eigenvalue weighted by Gasteiger charge is 2.15. The number of nitrogens with one attached hydrogen (secondary N) is 1. The first-order chi connectivity index (χ1) is 15.4. The van der Waals surface area contributed by atoms with Gasteiger partial charge in [0, 0.05) is 12.1 Å². The van der Waals surface area contributed by atoms with Crippen molar-refractivity contribution in [1.82, 2.24) is 4.98 Å². The first-order valence-electron chi connectivity index (χ1n) is 10.1. The molecule has 0 atom stereocenters. The second-order valence-electron chi connectivity index (χ2n) is 7.62. The maximum atomic E-state index is 12.5. The molecule has 0 unspecified atom stereocenters. The standard InChI is InChI=1S/C25H21N3O4/c1-16(2)18-10-7-17(8-11-18)9-14-24(29)26-21-6-4-3-5-20(21)25-27-22-13-12-19(28(30)31)15-23(22)32-25/h3-16H,1-2H3,(H,26,29). The number of benzene rings is 3. The predicted molar refractivity (Wildman–Crippen MR) is 124 cm³/mol. The molecule has 0 aliphatic heterocycles. The zero-order valence-corrected chi connectivity index (χ0v) is 17.6. The van der Waals surface area contributed by atoms with Crippen molar-refractivity contribution in [2.75, 3.05) is 5.32 Å². The number of non-ortho nitro benzene ring substituents is 1. The average molecular weight is 427 g/mol. The third-order valence-corrected chi connectivity index (χ3v) is 5.03. The van der Waals surface area contributed by atoms with E-state index in [4.69, 9.17) is 4.42 Å². The molecule has 1 aromatic heterocycles. The predicted octanol–water partition coefficient (Wildman–Crippen LogP) is 6.18. The van der Waals surface area contributed by atoms with E-state index in [1.54, 1.807) is 30.3 Å². The fourth-order valence-corrected chi connectivity index (χ4v) is 3.26. The van der Waals surface area contributed by atoms with Gasteiger partial charge in [0.2, 0.25) is 11.8 Å². The number of carbonyl (C=O) groups excluding carboxylic acids is 1. The Morgan fingerprint density at radius 2 is 1.84 bits per heavy atom. The van der Waals surface area contributed by atoms with Crippen LogP contribution in [-0.2, 0) is 4.79 Å². The number of fused-ring (bicyclic) bond motifs is 1. The van der Waals surface area contributed by atoms with Crippen LogP contribution in [0.25, 0.3) is 28.6 Å². The number of anilines is 1. The van der Waals surface area contributed by atoms with Crippen LogP contribution in [0.1, 0.15) is 30.9 Å². The lowest BCUT2D eigenvalue weighted by Crippen LogP contribution is -2.08. The normalized spacial score (nSPS) is 11.3. The van der Waals surface area contributed by atoms with Crippen LogP contribution < -0.4 is 5.32 Å². The van der Waals surface area contributed by atoms with E-state index in [0.717, 1.165) is 5.56 Å². The summed E-state index contributed by atoms with van der Waals surface area (Å²) in [5, 5.41) is 13.8. The highest BCUT2D eigenvalue weighted by atomic mass is 16.6. The quantitative estimate of drug-likeness (QED) is 0.225. The average Bonchev–Trinajstić information content (AvgIpc) is 3.21. The summed E-state index contributed by atoms with van der Waals surface area (Å²) in [5.74, 6) is 0.424. The number of hydrogen-bond donors (Lipinski definition) is 1. The second-order valence-corrected chi connectivity index (χ2v) is 7.62. The number of nitrogens with zero attached hydrogens (tertiary/aromatic N) is 2. The van der Waals surface area contributed by atoms with Gasteiger partial charge in [-0.25, -0.2) is 4.98 Å². The molecule has 1 N–H and O–H groups in total. The zero-order valence-electron chi connectivity index (χ0n) is 17.6. The van der Waals surface area contributed by atoms with Crippen molar-refractivity contribution in [2.24, 2.45) is 0 Å².